The van der Waals surface area contributed by atoms with Gasteiger partial charge in [0.05, 0.1) is 12.1 Å². The molecule has 19 heavy (non-hydrogen) atoms. The molecule has 7 nitrogen and oxygen atoms in total. The molecule has 2 fully saturated rings. The summed E-state index contributed by atoms with van der Waals surface area (Å²) >= 11 is 0. The predicted octanol–water partition coefficient (Wildman–Crippen LogP) is -0.177. The Kier molecular flexibility index (Phi) is 4.26. The second kappa shape index (κ2) is 5.75. The summed E-state index contributed by atoms with van der Waals surface area (Å²) in [6.07, 6.45) is 1.64. The molecule has 2 rings (SSSR count). The first-order valence-corrected chi connectivity index (χ1v) is 6.58. The van der Waals surface area contributed by atoms with Crippen molar-refractivity contribution in [3.05, 3.63) is 0 Å². The fourth-order valence-corrected chi connectivity index (χ4v) is 2.64. The van der Waals surface area contributed by atoms with Crippen molar-refractivity contribution in [1.82, 2.24) is 5.32 Å². The van der Waals surface area contributed by atoms with Gasteiger partial charge in [-0.2, -0.15) is 0 Å². The fourth-order valence-electron chi connectivity index (χ4n) is 2.64. The zero-order valence-corrected chi connectivity index (χ0v) is 11.1. The van der Waals surface area contributed by atoms with Crippen LogP contribution in [0.15, 0.2) is 5.16 Å². The second-order valence-electron chi connectivity index (χ2n) is 5.12. The molecular formula is C12H21N3O4. The van der Waals surface area contributed by atoms with Crippen LogP contribution >= 0.6 is 0 Å². The van der Waals surface area contributed by atoms with Crippen LogP contribution in [0, 0.1) is 5.41 Å². The number of nitrogens with zero attached hydrogens (tertiary/aromatic N) is 1. The monoisotopic (exact) mass is 271 g/mol. The summed E-state index contributed by atoms with van der Waals surface area (Å²) in [6.45, 7) is 3.44. The summed E-state index contributed by atoms with van der Waals surface area (Å²) in [5.41, 5.74) is 4.78. The number of hydrogen-bond acceptors (Lipinski definition) is 5. The average Bonchev–Trinajstić information content (AvgIpc) is 2.84. The highest BCUT2D eigenvalue weighted by molar-refractivity contribution is 6.07. The van der Waals surface area contributed by atoms with Gasteiger partial charge in [-0.25, -0.2) is 0 Å². The number of oxime groups is 1. The van der Waals surface area contributed by atoms with Crippen molar-refractivity contribution >= 4 is 11.7 Å². The van der Waals surface area contributed by atoms with Gasteiger partial charge in [-0.1, -0.05) is 5.16 Å². The molecule has 2 saturated heterocycles. The lowest BCUT2D eigenvalue weighted by molar-refractivity contribution is -0.132. The number of nitrogens with one attached hydrogen (secondary N) is 1. The Morgan fingerprint density at radius 3 is 2.63 bits per heavy atom. The molecule has 0 aliphatic carbocycles. The Bertz CT molecular complexity index is 366. The number of amides is 1. The van der Waals surface area contributed by atoms with E-state index in [1.165, 1.54) is 0 Å². The van der Waals surface area contributed by atoms with E-state index in [4.69, 9.17) is 20.4 Å². The van der Waals surface area contributed by atoms with E-state index in [2.05, 4.69) is 10.5 Å². The van der Waals surface area contributed by atoms with Crippen LogP contribution in [0.25, 0.3) is 0 Å². The largest absolute Gasteiger partial charge is 0.409 e. The van der Waals surface area contributed by atoms with E-state index in [0.29, 0.717) is 32.7 Å². The number of amidine groups is 1. The first-order chi connectivity index (χ1) is 9.10. The minimum absolute atomic E-state index is 0.00636. The van der Waals surface area contributed by atoms with E-state index in [0.717, 1.165) is 6.42 Å². The van der Waals surface area contributed by atoms with Crippen molar-refractivity contribution in [3.63, 3.8) is 0 Å². The van der Waals surface area contributed by atoms with Crippen LogP contribution in [0.4, 0.5) is 0 Å². The lowest BCUT2D eigenvalue weighted by atomic mass is 9.78. The Morgan fingerprint density at radius 2 is 2.11 bits per heavy atom. The van der Waals surface area contributed by atoms with Gasteiger partial charge in [0.2, 0.25) is 5.91 Å². The first-order valence-electron chi connectivity index (χ1n) is 6.58. The maximum atomic E-state index is 12.5. The summed E-state index contributed by atoms with van der Waals surface area (Å²) in [4.78, 5) is 12.5. The molecule has 1 amide bonds. The molecule has 2 atom stereocenters. The Labute approximate surface area is 112 Å². The van der Waals surface area contributed by atoms with E-state index in [9.17, 15) is 4.79 Å². The van der Waals surface area contributed by atoms with Crippen LogP contribution in [0.5, 0.6) is 0 Å². The number of ether oxygens (including phenoxy) is 2. The second-order valence-corrected chi connectivity index (χ2v) is 5.12. The summed E-state index contributed by atoms with van der Waals surface area (Å²) in [7, 11) is 0. The number of carbonyl (C=O) groups excluding carboxylic acids is 1. The molecule has 0 spiro atoms. The number of carbonyl (C=O) groups is 1. The Balaban J connectivity index is 2.11. The fraction of sp³-hybridized carbons (Fsp3) is 0.833. The third-order valence-electron chi connectivity index (χ3n) is 4.07. The number of nitrogens with two attached hydrogens (primary N) is 1. The van der Waals surface area contributed by atoms with Crippen molar-refractivity contribution < 1.29 is 19.5 Å². The standard InChI is InChI=1S/C12H21N3O4/c1-8-9(2-5-19-8)14-11(16)12(10(13)15-17)3-6-18-7-4-12/h8-9,17H,2-7H2,1H3,(H2,13,15)(H,14,16). The smallest absolute Gasteiger partial charge is 0.234 e. The molecule has 2 aliphatic rings. The molecule has 4 N–H and O–H groups in total. The van der Waals surface area contributed by atoms with Crippen LogP contribution < -0.4 is 11.1 Å². The van der Waals surface area contributed by atoms with Crippen molar-refractivity contribution in [2.45, 2.75) is 38.3 Å². The maximum absolute atomic E-state index is 12.5. The van der Waals surface area contributed by atoms with Crippen molar-refractivity contribution in [2.75, 3.05) is 19.8 Å². The van der Waals surface area contributed by atoms with Crippen LogP contribution in [0.2, 0.25) is 0 Å². The highest BCUT2D eigenvalue weighted by atomic mass is 16.5. The molecule has 2 aliphatic heterocycles. The average molecular weight is 271 g/mol. The van der Waals surface area contributed by atoms with E-state index >= 15 is 0 Å². The molecule has 0 aromatic heterocycles. The number of rotatable bonds is 3. The van der Waals surface area contributed by atoms with Gasteiger partial charge in [0.25, 0.3) is 0 Å². The van der Waals surface area contributed by atoms with Crippen LogP contribution in [-0.4, -0.2) is 48.9 Å². The van der Waals surface area contributed by atoms with Crippen LogP contribution in [0.3, 0.4) is 0 Å². The molecule has 7 heteroatoms. The van der Waals surface area contributed by atoms with Crippen molar-refractivity contribution in [2.24, 2.45) is 16.3 Å². The highest BCUT2D eigenvalue weighted by Crippen LogP contribution is 2.32. The minimum Gasteiger partial charge on any atom is -0.409 e. The topological polar surface area (TPSA) is 106 Å². The molecule has 2 heterocycles. The van der Waals surface area contributed by atoms with Gasteiger partial charge in [-0.05, 0) is 26.2 Å². The normalized spacial score (nSPS) is 31.1. The Morgan fingerprint density at radius 1 is 1.42 bits per heavy atom. The van der Waals surface area contributed by atoms with Crippen LogP contribution in [0.1, 0.15) is 26.2 Å². The van der Waals surface area contributed by atoms with Gasteiger partial charge in [0.15, 0.2) is 5.84 Å². The van der Waals surface area contributed by atoms with Crippen molar-refractivity contribution in [1.29, 1.82) is 0 Å². The van der Waals surface area contributed by atoms with Gasteiger partial charge in [-0.3, -0.25) is 4.79 Å². The van der Waals surface area contributed by atoms with E-state index < -0.39 is 5.41 Å². The molecule has 0 aromatic rings. The third-order valence-corrected chi connectivity index (χ3v) is 4.07. The minimum atomic E-state index is -0.963. The lowest BCUT2D eigenvalue weighted by Gasteiger charge is -2.35. The van der Waals surface area contributed by atoms with E-state index in [-0.39, 0.29) is 23.9 Å². The summed E-state index contributed by atoms with van der Waals surface area (Å²) < 4.78 is 10.7. The zero-order valence-electron chi connectivity index (χ0n) is 11.1. The van der Waals surface area contributed by atoms with Gasteiger partial charge in [0, 0.05) is 19.8 Å². The van der Waals surface area contributed by atoms with Gasteiger partial charge in [-0.15, -0.1) is 0 Å². The van der Waals surface area contributed by atoms with Crippen molar-refractivity contribution in [3.8, 4) is 0 Å². The van der Waals surface area contributed by atoms with E-state index in [1.54, 1.807) is 0 Å². The molecule has 0 saturated carbocycles. The summed E-state index contributed by atoms with van der Waals surface area (Å²) in [5.74, 6) is -0.242. The summed E-state index contributed by atoms with van der Waals surface area (Å²) in [6, 6.07) is -0.0151. The van der Waals surface area contributed by atoms with Gasteiger partial charge < -0.3 is 25.7 Å². The lowest BCUT2D eigenvalue weighted by Crippen LogP contribution is -2.55. The molecule has 0 bridgehead atoms. The van der Waals surface area contributed by atoms with Crippen LogP contribution in [-0.2, 0) is 14.3 Å². The predicted molar refractivity (Wildman–Crippen MR) is 67.9 cm³/mol. The van der Waals surface area contributed by atoms with Gasteiger partial charge >= 0.3 is 0 Å². The maximum Gasteiger partial charge on any atom is 0.234 e. The quantitative estimate of drug-likeness (QED) is 0.286. The zero-order chi connectivity index (χ0) is 13.9. The molecule has 108 valence electrons. The summed E-state index contributed by atoms with van der Waals surface area (Å²) in [5, 5.41) is 14.9. The molecule has 0 aromatic carbocycles. The highest BCUT2D eigenvalue weighted by Gasteiger charge is 2.45. The number of hydrogen-bond donors (Lipinski definition) is 3. The Hall–Kier alpha value is -1.34. The first kappa shape index (κ1) is 14.1. The van der Waals surface area contributed by atoms with Gasteiger partial charge in [0.1, 0.15) is 5.41 Å². The SMILES string of the molecule is CC1OCCC1NC(=O)C1(C(N)=NO)CCOCC1. The van der Waals surface area contributed by atoms with E-state index in [1.807, 2.05) is 6.92 Å². The molecule has 2 unspecified atom stereocenters. The molecular weight excluding hydrogens is 250 g/mol. The molecule has 0 radical (unpaired) electrons. The third kappa shape index (κ3) is 2.66.